The van der Waals surface area contributed by atoms with E-state index in [4.69, 9.17) is 20.5 Å². The summed E-state index contributed by atoms with van der Waals surface area (Å²) in [6.45, 7) is 3.85. The Balaban J connectivity index is 1.23. The van der Waals surface area contributed by atoms with Gasteiger partial charge < -0.3 is 25.2 Å². The number of piperidine rings is 2. The molecule has 2 unspecified atom stereocenters. The number of nitrogens with two attached hydrogens (primary N) is 1. The lowest BCUT2D eigenvalue weighted by Crippen LogP contribution is -2.57. The minimum atomic E-state index is -0.611. The molecule has 2 aromatic rings. The highest BCUT2D eigenvalue weighted by atomic mass is 16.5. The van der Waals surface area contributed by atoms with Crippen LogP contribution in [0.25, 0.3) is 0 Å². The Bertz CT molecular complexity index is 1010. The van der Waals surface area contributed by atoms with Gasteiger partial charge in [0.05, 0.1) is 24.8 Å². The fourth-order valence-corrected chi connectivity index (χ4v) is 5.22. The Morgan fingerprint density at radius 3 is 2.31 bits per heavy atom. The van der Waals surface area contributed by atoms with Crippen molar-refractivity contribution in [2.75, 3.05) is 46.4 Å². The maximum Gasteiger partial charge on any atom is 0.239 e. The third-order valence-electron chi connectivity index (χ3n) is 6.79. The number of hydrogen-bond acceptors (Lipinski definition) is 7. The number of carbonyl (C=O) groups excluding carboxylic acids is 1. The van der Waals surface area contributed by atoms with Crippen molar-refractivity contribution in [2.45, 2.75) is 25.0 Å². The molecule has 8 nitrogen and oxygen atoms in total. The molecule has 0 aliphatic carbocycles. The number of aliphatic hydroxyl groups is 1. The number of hydrogen-bond donors (Lipinski definition) is 2. The van der Waals surface area contributed by atoms with Crippen molar-refractivity contribution in [3.05, 3.63) is 59.7 Å². The van der Waals surface area contributed by atoms with E-state index in [1.807, 2.05) is 29.2 Å². The van der Waals surface area contributed by atoms with Crippen LogP contribution in [0, 0.1) is 23.2 Å². The van der Waals surface area contributed by atoms with Crippen LogP contribution in [0.3, 0.4) is 0 Å². The van der Waals surface area contributed by atoms with Gasteiger partial charge in [0.2, 0.25) is 5.91 Å². The van der Waals surface area contributed by atoms with Crippen molar-refractivity contribution in [1.82, 2.24) is 9.80 Å². The zero-order valence-electron chi connectivity index (χ0n) is 20.2. The molecule has 2 aromatic carbocycles. The van der Waals surface area contributed by atoms with E-state index in [0.29, 0.717) is 49.2 Å². The van der Waals surface area contributed by atoms with E-state index >= 15 is 0 Å². The summed E-state index contributed by atoms with van der Waals surface area (Å²) in [4.78, 5) is 17.3. The largest absolute Gasteiger partial charge is 0.497 e. The van der Waals surface area contributed by atoms with Crippen LogP contribution in [0.1, 0.15) is 17.5 Å². The average molecular weight is 479 g/mol. The molecule has 186 valence electrons. The lowest BCUT2D eigenvalue weighted by molar-refractivity contribution is -0.137. The van der Waals surface area contributed by atoms with Crippen LogP contribution in [-0.4, -0.2) is 79.4 Å². The molecular weight excluding hydrogens is 444 g/mol. The summed E-state index contributed by atoms with van der Waals surface area (Å²) in [5.74, 6) is 2.20. The van der Waals surface area contributed by atoms with E-state index in [2.05, 4.69) is 11.0 Å². The number of nitrogens with zero attached hydrogens (tertiary/aromatic N) is 3. The second-order valence-electron chi connectivity index (χ2n) is 9.69. The van der Waals surface area contributed by atoms with E-state index < -0.39 is 12.1 Å². The van der Waals surface area contributed by atoms with Gasteiger partial charge in [0.15, 0.2) is 0 Å². The van der Waals surface area contributed by atoms with Crippen LogP contribution in [0.15, 0.2) is 48.5 Å². The average Bonchev–Trinajstić information content (AvgIpc) is 2.87. The molecule has 2 saturated heterocycles. The molecule has 3 N–H and O–H groups in total. The van der Waals surface area contributed by atoms with Gasteiger partial charge in [-0.1, -0.05) is 12.1 Å². The van der Waals surface area contributed by atoms with Crippen molar-refractivity contribution in [3.63, 3.8) is 0 Å². The fraction of sp³-hybridized carbons (Fsp3) is 0.481. The Labute approximate surface area is 206 Å². The number of nitriles is 1. The van der Waals surface area contributed by atoms with E-state index in [1.165, 1.54) is 0 Å². The summed E-state index contributed by atoms with van der Waals surface area (Å²) in [6, 6.07) is 16.1. The predicted octanol–water partition coefficient (Wildman–Crippen LogP) is 1.66. The van der Waals surface area contributed by atoms with Crippen molar-refractivity contribution < 1.29 is 19.4 Å². The number of rotatable bonds is 9. The molecule has 2 fully saturated rings. The minimum absolute atomic E-state index is 0.0137. The van der Waals surface area contributed by atoms with Gasteiger partial charge >= 0.3 is 0 Å². The van der Waals surface area contributed by atoms with E-state index in [9.17, 15) is 9.90 Å². The van der Waals surface area contributed by atoms with Gasteiger partial charge in [-0.2, -0.15) is 5.26 Å². The first-order chi connectivity index (χ1) is 16.9. The first-order valence-corrected chi connectivity index (χ1v) is 12.1. The molecule has 2 bridgehead atoms. The zero-order chi connectivity index (χ0) is 24.8. The smallest absolute Gasteiger partial charge is 0.239 e. The van der Waals surface area contributed by atoms with Crippen LogP contribution in [-0.2, 0) is 11.2 Å². The predicted molar refractivity (Wildman–Crippen MR) is 132 cm³/mol. The summed E-state index contributed by atoms with van der Waals surface area (Å²) in [5, 5.41) is 19.4. The lowest BCUT2D eigenvalue weighted by atomic mass is 9.84. The number of ether oxygens (including phenoxy) is 2. The zero-order valence-corrected chi connectivity index (χ0v) is 20.2. The molecule has 0 aromatic heterocycles. The number of methoxy groups -OCH3 is 1. The molecule has 4 atom stereocenters. The first kappa shape index (κ1) is 25.0. The molecule has 1 amide bonds. The Morgan fingerprint density at radius 1 is 1.09 bits per heavy atom. The molecule has 8 heteroatoms. The number of likely N-dealkylation sites (tertiary alicyclic amines) is 2. The summed E-state index contributed by atoms with van der Waals surface area (Å²) < 4.78 is 10.9. The SMILES string of the molecule is COc1ccc(C[C@H](N)C(=O)N2CC3CC(CN(C[C@@H](O)COc4ccc(C#N)cc4)C3)C2)cc1. The van der Waals surface area contributed by atoms with Crippen LogP contribution < -0.4 is 15.2 Å². The topological polar surface area (TPSA) is 112 Å². The number of benzene rings is 2. The Hall–Kier alpha value is -3.12. The van der Waals surface area contributed by atoms with E-state index in [1.54, 1.807) is 31.4 Å². The summed E-state index contributed by atoms with van der Waals surface area (Å²) in [7, 11) is 1.63. The fourth-order valence-electron chi connectivity index (χ4n) is 5.22. The van der Waals surface area contributed by atoms with E-state index in [0.717, 1.165) is 30.8 Å². The second kappa shape index (κ2) is 11.5. The second-order valence-corrected chi connectivity index (χ2v) is 9.69. The van der Waals surface area contributed by atoms with Gasteiger partial charge in [0.25, 0.3) is 0 Å². The third-order valence-corrected chi connectivity index (χ3v) is 6.79. The van der Waals surface area contributed by atoms with Gasteiger partial charge in [0.1, 0.15) is 24.2 Å². The number of carbonyl (C=O) groups is 1. The van der Waals surface area contributed by atoms with Crippen molar-refractivity contribution >= 4 is 5.91 Å². The third kappa shape index (κ3) is 6.73. The van der Waals surface area contributed by atoms with Gasteiger partial charge in [-0.25, -0.2) is 0 Å². The molecule has 2 aliphatic heterocycles. The van der Waals surface area contributed by atoms with Crippen LogP contribution in [0.4, 0.5) is 0 Å². The van der Waals surface area contributed by atoms with Gasteiger partial charge in [-0.05, 0) is 66.6 Å². The van der Waals surface area contributed by atoms with Crippen molar-refractivity contribution in [1.29, 1.82) is 5.26 Å². The first-order valence-electron chi connectivity index (χ1n) is 12.1. The van der Waals surface area contributed by atoms with E-state index in [-0.39, 0.29) is 12.5 Å². The number of fused-ring (bicyclic) bond motifs is 2. The van der Waals surface area contributed by atoms with Crippen molar-refractivity contribution in [3.8, 4) is 17.6 Å². The summed E-state index contributed by atoms with van der Waals surface area (Å²) >= 11 is 0. The normalized spacial score (nSPS) is 21.6. The number of amides is 1. The highest BCUT2D eigenvalue weighted by Crippen LogP contribution is 2.29. The van der Waals surface area contributed by atoms with Crippen LogP contribution in [0.2, 0.25) is 0 Å². The Kier molecular flexibility index (Phi) is 8.24. The van der Waals surface area contributed by atoms with Gasteiger partial charge in [-0.3, -0.25) is 9.69 Å². The molecule has 0 radical (unpaired) electrons. The minimum Gasteiger partial charge on any atom is -0.497 e. The highest BCUT2D eigenvalue weighted by Gasteiger charge is 2.37. The Morgan fingerprint density at radius 2 is 1.71 bits per heavy atom. The van der Waals surface area contributed by atoms with Gasteiger partial charge in [0, 0.05) is 32.7 Å². The molecule has 35 heavy (non-hydrogen) atoms. The monoisotopic (exact) mass is 478 g/mol. The van der Waals surface area contributed by atoms with Gasteiger partial charge in [-0.15, -0.1) is 0 Å². The lowest BCUT2D eigenvalue weighted by Gasteiger charge is -2.46. The van der Waals surface area contributed by atoms with Crippen LogP contribution >= 0.6 is 0 Å². The molecule has 0 spiro atoms. The number of aliphatic hydroxyl groups excluding tert-OH is 1. The highest BCUT2D eigenvalue weighted by molar-refractivity contribution is 5.82. The standard InChI is InChI=1S/C27H34N4O4/c1-34-24-6-2-19(3-7-24)11-26(29)27(33)31-15-21-10-22(16-31)14-30(13-21)17-23(32)18-35-25-8-4-20(12-28)5-9-25/h2-9,21-23,26,32H,10-11,13-18,29H2,1H3/t21?,22?,23-,26+/m1/s1. The molecule has 0 saturated carbocycles. The maximum absolute atomic E-state index is 13.1. The molecule has 2 heterocycles. The molecule has 4 rings (SSSR count). The maximum atomic E-state index is 13.1. The molecular formula is C27H34N4O4. The quantitative estimate of drug-likeness (QED) is 0.564. The van der Waals surface area contributed by atoms with Crippen LogP contribution in [0.5, 0.6) is 11.5 Å². The van der Waals surface area contributed by atoms with Crippen molar-refractivity contribution in [2.24, 2.45) is 17.6 Å². The number of β-amino-alcohol motifs (C(OH)–C–C–N with tert-alkyl or cyclic N) is 1. The summed E-state index contributed by atoms with van der Waals surface area (Å²) in [6.07, 6.45) is 0.998. The molecule has 2 aliphatic rings. The summed E-state index contributed by atoms with van der Waals surface area (Å²) in [5.41, 5.74) is 7.89.